The van der Waals surface area contributed by atoms with Gasteiger partial charge in [0.1, 0.15) is 5.69 Å². The number of alkyl halides is 3. The molecule has 0 aromatic carbocycles. The maximum absolute atomic E-state index is 13.3. The van der Waals surface area contributed by atoms with E-state index in [-0.39, 0.29) is 17.6 Å². The topological polar surface area (TPSA) is 70.3 Å². The van der Waals surface area contributed by atoms with Gasteiger partial charge >= 0.3 is 6.18 Å². The third-order valence-corrected chi connectivity index (χ3v) is 3.35. The van der Waals surface area contributed by atoms with Crippen molar-refractivity contribution in [3.63, 3.8) is 0 Å². The minimum absolute atomic E-state index is 0.114. The summed E-state index contributed by atoms with van der Waals surface area (Å²) in [6.07, 6.45) is -2.46. The molecule has 2 heterocycles. The van der Waals surface area contributed by atoms with E-state index in [0.29, 0.717) is 23.1 Å². The fraction of sp³-hybridized carbons (Fsp3) is 0.417. The Bertz CT molecular complexity index is 706. The molecule has 5 nitrogen and oxygen atoms in total. The van der Waals surface area contributed by atoms with Crippen molar-refractivity contribution in [3.8, 4) is 0 Å². The fourth-order valence-corrected chi connectivity index (χ4v) is 2.54. The first kappa shape index (κ1) is 12.9. The molecule has 0 fully saturated rings. The Hall–Kier alpha value is -2.12. The zero-order valence-electron chi connectivity index (χ0n) is 10.2. The normalized spacial score (nSPS) is 15.3. The SMILES string of the molecule is O=C([O-])c1cc2nc3c(c(C(F)(F)F)n2n1)CCCC3. The number of halogens is 3. The molecule has 2 aromatic rings. The summed E-state index contributed by atoms with van der Waals surface area (Å²) in [4.78, 5) is 14.9. The Labute approximate surface area is 111 Å². The lowest BCUT2D eigenvalue weighted by Crippen LogP contribution is -2.24. The number of aryl methyl sites for hydroxylation is 1. The molecule has 0 spiro atoms. The minimum atomic E-state index is -4.61. The molecule has 20 heavy (non-hydrogen) atoms. The highest BCUT2D eigenvalue weighted by Gasteiger charge is 2.39. The first-order valence-electron chi connectivity index (χ1n) is 6.08. The van der Waals surface area contributed by atoms with Gasteiger partial charge < -0.3 is 9.90 Å². The lowest BCUT2D eigenvalue weighted by Gasteiger charge is -2.20. The molecule has 8 heteroatoms. The number of hydrogen-bond donors (Lipinski definition) is 0. The van der Waals surface area contributed by atoms with Crippen molar-refractivity contribution < 1.29 is 23.1 Å². The maximum Gasteiger partial charge on any atom is 0.433 e. The van der Waals surface area contributed by atoms with Crippen LogP contribution in [0.15, 0.2) is 6.07 Å². The van der Waals surface area contributed by atoms with Gasteiger partial charge in [-0.05, 0) is 25.7 Å². The average Bonchev–Trinajstić information content (AvgIpc) is 2.77. The zero-order valence-corrected chi connectivity index (χ0v) is 10.2. The van der Waals surface area contributed by atoms with Crippen LogP contribution in [0, 0.1) is 0 Å². The van der Waals surface area contributed by atoms with Crippen LogP contribution in [0.1, 0.15) is 40.3 Å². The van der Waals surface area contributed by atoms with E-state index >= 15 is 0 Å². The average molecular weight is 284 g/mol. The summed E-state index contributed by atoms with van der Waals surface area (Å²) in [6.45, 7) is 0. The van der Waals surface area contributed by atoms with Crippen LogP contribution in [0.2, 0.25) is 0 Å². The summed E-state index contributed by atoms with van der Waals surface area (Å²) in [6, 6.07) is 0.999. The first-order valence-corrected chi connectivity index (χ1v) is 6.08. The minimum Gasteiger partial charge on any atom is -0.543 e. The second kappa shape index (κ2) is 4.19. The van der Waals surface area contributed by atoms with E-state index in [1.807, 2.05) is 0 Å². The highest BCUT2D eigenvalue weighted by Crippen LogP contribution is 2.36. The summed E-state index contributed by atoms with van der Waals surface area (Å²) in [5.74, 6) is -1.62. The van der Waals surface area contributed by atoms with E-state index in [9.17, 15) is 23.1 Å². The summed E-state index contributed by atoms with van der Waals surface area (Å²) in [5, 5.41) is 14.2. The predicted octanol–water partition coefficient (Wildman–Crippen LogP) is 0.990. The van der Waals surface area contributed by atoms with Crippen molar-refractivity contribution in [2.45, 2.75) is 31.9 Å². The van der Waals surface area contributed by atoms with E-state index in [1.54, 1.807) is 0 Å². The molecule has 0 unspecified atom stereocenters. The van der Waals surface area contributed by atoms with Crippen LogP contribution in [0.4, 0.5) is 13.2 Å². The van der Waals surface area contributed by atoms with Crippen molar-refractivity contribution in [1.29, 1.82) is 0 Å². The number of carbonyl (C=O) groups excluding carboxylic acids is 1. The molecule has 0 N–H and O–H groups in total. The van der Waals surface area contributed by atoms with Gasteiger partial charge in [0.15, 0.2) is 11.3 Å². The van der Waals surface area contributed by atoms with Gasteiger partial charge in [0.25, 0.3) is 0 Å². The molecule has 0 amide bonds. The molecule has 1 aliphatic rings. The molecule has 106 valence electrons. The Kier molecular flexibility index (Phi) is 2.70. The molecule has 0 saturated heterocycles. The Balaban J connectivity index is 2.37. The van der Waals surface area contributed by atoms with Gasteiger partial charge in [-0.1, -0.05) is 0 Å². The van der Waals surface area contributed by atoms with Crippen molar-refractivity contribution in [3.05, 3.63) is 28.7 Å². The standard InChI is InChI=1S/C12H10F3N3O2/c13-12(14,15)10-6-3-1-2-4-7(6)16-9-5-8(11(19)20)17-18(9)10/h5H,1-4H2,(H,19,20)/p-1. The van der Waals surface area contributed by atoms with Gasteiger partial charge in [-0.25, -0.2) is 9.50 Å². The Morgan fingerprint density at radius 3 is 2.65 bits per heavy atom. The van der Waals surface area contributed by atoms with Crippen LogP contribution in [0.3, 0.4) is 0 Å². The summed E-state index contributed by atoms with van der Waals surface area (Å²) in [7, 11) is 0. The van der Waals surface area contributed by atoms with Crippen LogP contribution >= 0.6 is 0 Å². The summed E-state index contributed by atoms with van der Waals surface area (Å²) >= 11 is 0. The largest absolute Gasteiger partial charge is 0.543 e. The third kappa shape index (κ3) is 1.91. The Morgan fingerprint density at radius 1 is 1.30 bits per heavy atom. The molecular weight excluding hydrogens is 275 g/mol. The molecule has 0 aliphatic heterocycles. The van der Waals surface area contributed by atoms with Gasteiger partial charge in [0.05, 0.1) is 5.97 Å². The number of nitrogens with zero attached hydrogens (tertiary/aromatic N) is 3. The van der Waals surface area contributed by atoms with Gasteiger partial charge in [-0.3, -0.25) is 0 Å². The quantitative estimate of drug-likeness (QED) is 0.783. The second-order valence-electron chi connectivity index (χ2n) is 4.68. The van der Waals surface area contributed by atoms with Crippen molar-refractivity contribution in [1.82, 2.24) is 14.6 Å². The monoisotopic (exact) mass is 284 g/mol. The van der Waals surface area contributed by atoms with Crippen LogP contribution < -0.4 is 5.11 Å². The summed E-state index contributed by atoms with van der Waals surface area (Å²) in [5.41, 5.74) is -1.10. The number of hydrogen-bond acceptors (Lipinski definition) is 4. The van der Waals surface area contributed by atoms with E-state index < -0.39 is 23.5 Å². The molecular formula is C12H9F3N3O2-. The lowest BCUT2D eigenvalue weighted by atomic mass is 9.94. The third-order valence-electron chi connectivity index (χ3n) is 3.35. The smallest absolute Gasteiger partial charge is 0.433 e. The highest BCUT2D eigenvalue weighted by molar-refractivity contribution is 5.84. The molecule has 2 aromatic heterocycles. The lowest BCUT2D eigenvalue weighted by molar-refractivity contribution is -0.255. The van der Waals surface area contributed by atoms with Crippen LogP contribution in [0.25, 0.3) is 5.65 Å². The molecule has 0 saturated carbocycles. The molecule has 0 bridgehead atoms. The van der Waals surface area contributed by atoms with Crippen molar-refractivity contribution in [2.75, 3.05) is 0 Å². The van der Waals surface area contributed by atoms with Gasteiger partial charge in [-0.15, -0.1) is 0 Å². The number of rotatable bonds is 1. The predicted molar refractivity (Wildman–Crippen MR) is 59.0 cm³/mol. The second-order valence-corrected chi connectivity index (χ2v) is 4.68. The molecule has 1 aliphatic carbocycles. The van der Waals surface area contributed by atoms with Gasteiger partial charge in [-0.2, -0.15) is 18.3 Å². The Morgan fingerprint density at radius 2 is 2.00 bits per heavy atom. The first-order chi connectivity index (χ1) is 9.38. The molecule has 3 rings (SSSR count). The van der Waals surface area contributed by atoms with Crippen LogP contribution in [-0.2, 0) is 19.0 Å². The van der Waals surface area contributed by atoms with Crippen molar-refractivity contribution in [2.24, 2.45) is 0 Å². The summed E-state index contributed by atoms with van der Waals surface area (Å²) < 4.78 is 40.4. The van der Waals surface area contributed by atoms with Crippen molar-refractivity contribution >= 4 is 11.6 Å². The fourth-order valence-electron chi connectivity index (χ4n) is 2.54. The molecule has 0 radical (unpaired) electrons. The number of carboxylic acids is 1. The van der Waals surface area contributed by atoms with E-state index in [0.717, 1.165) is 12.5 Å². The van der Waals surface area contributed by atoms with Gasteiger partial charge in [0, 0.05) is 17.3 Å². The number of aromatic nitrogens is 3. The zero-order chi connectivity index (χ0) is 14.5. The highest BCUT2D eigenvalue weighted by atomic mass is 19.4. The number of fused-ring (bicyclic) bond motifs is 2. The van der Waals surface area contributed by atoms with Gasteiger partial charge in [0.2, 0.25) is 0 Å². The van der Waals surface area contributed by atoms with Crippen LogP contribution in [0.5, 0.6) is 0 Å². The number of carboxylic acid groups (broad SMARTS) is 1. The number of aromatic carboxylic acids is 1. The molecule has 0 atom stereocenters. The van der Waals surface area contributed by atoms with E-state index in [1.165, 1.54) is 0 Å². The van der Waals surface area contributed by atoms with Crippen LogP contribution in [-0.4, -0.2) is 20.6 Å². The van der Waals surface area contributed by atoms with E-state index in [2.05, 4.69) is 10.1 Å². The number of carbonyl (C=O) groups is 1. The maximum atomic E-state index is 13.3. The van der Waals surface area contributed by atoms with E-state index in [4.69, 9.17) is 0 Å².